The molecule has 3 rings (SSSR count). The highest BCUT2D eigenvalue weighted by Gasteiger charge is 2.21. The summed E-state index contributed by atoms with van der Waals surface area (Å²) in [4.78, 5) is 10.6. The van der Waals surface area contributed by atoms with Gasteiger partial charge < -0.3 is 4.90 Å². The van der Waals surface area contributed by atoms with Crippen molar-refractivity contribution in [3.05, 3.63) is 36.5 Å². The molecule has 0 amide bonds. The summed E-state index contributed by atoms with van der Waals surface area (Å²) in [6, 6.07) is 5.85. The molecule has 6 heteroatoms. The summed E-state index contributed by atoms with van der Waals surface area (Å²) in [5, 5.41) is 13.0. The second-order valence-corrected chi connectivity index (χ2v) is 5.09. The summed E-state index contributed by atoms with van der Waals surface area (Å²) in [5.41, 5.74) is 0.602. The van der Waals surface area contributed by atoms with Gasteiger partial charge in [-0.3, -0.25) is 4.68 Å². The second kappa shape index (κ2) is 5.70. The topological polar surface area (TPSA) is 70.6 Å². The van der Waals surface area contributed by atoms with Crippen LogP contribution in [0.15, 0.2) is 31.0 Å². The molecule has 2 aromatic heterocycles. The van der Waals surface area contributed by atoms with Crippen molar-refractivity contribution in [3.8, 4) is 6.07 Å². The van der Waals surface area contributed by atoms with Crippen molar-refractivity contribution >= 4 is 5.82 Å². The first-order chi connectivity index (χ1) is 9.85. The molecular formula is C14H16N6. The van der Waals surface area contributed by atoms with Crippen molar-refractivity contribution in [1.29, 1.82) is 5.26 Å². The van der Waals surface area contributed by atoms with Crippen LogP contribution in [0.3, 0.4) is 0 Å². The lowest BCUT2D eigenvalue weighted by Crippen LogP contribution is -2.37. The molecule has 0 saturated carbocycles. The molecule has 0 aliphatic carbocycles. The van der Waals surface area contributed by atoms with E-state index in [1.807, 2.05) is 16.8 Å². The fraction of sp³-hybridized carbons (Fsp3) is 0.429. The van der Waals surface area contributed by atoms with E-state index >= 15 is 0 Å². The van der Waals surface area contributed by atoms with Gasteiger partial charge in [0, 0.05) is 25.8 Å². The number of pyridine rings is 1. The number of anilines is 1. The summed E-state index contributed by atoms with van der Waals surface area (Å²) in [5.74, 6) is 1.51. The number of hydrogen-bond donors (Lipinski definition) is 0. The van der Waals surface area contributed by atoms with E-state index in [0.29, 0.717) is 11.5 Å². The average Bonchev–Trinajstić information content (AvgIpc) is 3.01. The van der Waals surface area contributed by atoms with Crippen molar-refractivity contribution in [2.75, 3.05) is 18.0 Å². The van der Waals surface area contributed by atoms with Gasteiger partial charge in [-0.25, -0.2) is 9.97 Å². The molecule has 20 heavy (non-hydrogen) atoms. The normalized spacial score (nSPS) is 18.8. The first-order valence-corrected chi connectivity index (χ1v) is 6.78. The van der Waals surface area contributed by atoms with E-state index in [-0.39, 0.29) is 0 Å². The van der Waals surface area contributed by atoms with Crippen molar-refractivity contribution in [2.45, 2.75) is 19.4 Å². The third kappa shape index (κ3) is 2.77. The van der Waals surface area contributed by atoms with Crippen LogP contribution in [0, 0.1) is 17.2 Å². The molecule has 2 aromatic rings. The van der Waals surface area contributed by atoms with Crippen LogP contribution in [0.25, 0.3) is 0 Å². The van der Waals surface area contributed by atoms with E-state index < -0.39 is 0 Å². The van der Waals surface area contributed by atoms with E-state index in [2.05, 4.69) is 26.0 Å². The molecule has 1 aliphatic heterocycles. The monoisotopic (exact) mass is 268 g/mol. The summed E-state index contributed by atoms with van der Waals surface area (Å²) in [6.07, 6.45) is 7.33. The van der Waals surface area contributed by atoms with Gasteiger partial charge in [0.25, 0.3) is 0 Å². The van der Waals surface area contributed by atoms with E-state index in [0.717, 1.165) is 31.9 Å². The minimum absolute atomic E-state index is 0.558. The van der Waals surface area contributed by atoms with Crippen molar-refractivity contribution < 1.29 is 0 Å². The molecule has 0 aromatic carbocycles. The van der Waals surface area contributed by atoms with Crippen LogP contribution in [0.4, 0.5) is 5.82 Å². The molecule has 102 valence electrons. The summed E-state index contributed by atoms with van der Waals surface area (Å²) >= 11 is 0. The number of aromatic nitrogens is 4. The number of hydrogen-bond acceptors (Lipinski definition) is 5. The Labute approximate surface area is 117 Å². The largest absolute Gasteiger partial charge is 0.356 e. The Morgan fingerprint density at radius 1 is 1.40 bits per heavy atom. The van der Waals surface area contributed by atoms with Gasteiger partial charge in [0.15, 0.2) is 0 Å². The molecule has 0 bridgehead atoms. The van der Waals surface area contributed by atoms with Gasteiger partial charge >= 0.3 is 0 Å². The second-order valence-electron chi connectivity index (χ2n) is 5.09. The standard InChI is InChI=1S/C14H16N6/c15-6-12-3-4-14(17-7-12)19-5-1-2-13(8-19)9-20-11-16-10-18-20/h3-4,7,10-11,13H,1-2,5,8-9H2/t13-/m0/s1. The van der Waals surface area contributed by atoms with Gasteiger partial charge in [0.2, 0.25) is 0 Å². The highest BCUT2D eigenvalue weighted by Crippen LogP contribution is 2.22. The Hall–Kier alpha value is -2.42. The lowest BCUT2D eigenvalue weighted by molar-refractivity contribution is 0.350. The van der Waals surface area contributed by atoms with Crippen LogP contribution < -0.4 is 4.90 Å². The lowest BCUT2D eigenvalue weighted by Gasteiger charge is -2.33. The van der Waals surface area contributed by atoms with Crippen LogP contribution in [0.5, 0.6) is 0 Å². The van der Waals surface area contributed by atoms with Gasteiger partial charge in [-0.1, -0.05) is 0 Å². The summed E-state index contributed by atoms with van der Waals surface area (Å²) < 4.78 is 1.89. The molecule has 1 atom stereocenters. The Morgan fingerprint density at radius 2 is 2.35 bits per heavy atom. The Balaban J connectivity index is 1.66. The first-order valence-electron chi connectivity index (χ1n) is 6.78. The maximum atomic E-state index is 8.81. The van der Waals surface area contributed by atoms with Gasteiger partial charge in [-0.15, -0.1) is 0 Å². The van der Waals surface area contributed by atoms with Gasteiger partial charge in [0.05, 0.1) is 5.56 Å². The maximum Gasteiger partial charge on any atom is 0.137 e. The Bertz CT molecular complexity index is 583. The van der Waals surface area contributed by atoms with E-state index in [9.17, 15) is 0 Å². The molecule has 0 radical (unpaired) electrons. The van der Waals surface area contributed by atoms with Crippen LogP contribution in [-0.4, -0.2) is 32.8 Å². The fourth-order valence-corrected chi connectivity index (χ4v) is 2.65. The van der Waals surface area contributed by atoms with E-state index in [1.165, 1.54) is 6.42 Å². The van der Waals surface area contributed by atoms with Gasteiger partial charge in [-0.05, 0) is 30.9 Å². The van der Waals surface area contributed by atoms with Crippen LogP contribution in [-0.2, 0) is 6.54 Å². The first kappa shape index (κ1) is 12.6. The average molecular weight is 268 g/mol. The quantitative estimate of drug-likeness (QED) is 0.842. The summed E-state index contributed by atoms with van der Waals surface area (Å²) in [6.45, 7) is 2.89. The molecule has 0 unspecified atom stereocenters. The molecular weight excluding hydrogens is 252 g/mol. The molecule has 1 saturated heterocycles. The fourth-order valence-electron chi connectivity index (χ4n) is 2.65. The molecule has 1 aliphatic rings. The Morgan fingerprint density at radius 3 is 3.05 bits per heavy atom. The minimum atomic E-state index is 0.558. The van der Waals surface area contributed by atoms with Gasteiger partial charge in [-0.2, -0.15) is 10.4 Å². The number of nitrogens with zero attached hydrogens (tertiary/aromatic N) is 6. The third-order valence-corrected chi connectivity index (χ3v) is 3.63. The lowest BCUT2D eigenvalue weighted by atomic mass is 9.98. The van der Waals surface area contributed by atoms with Crippen molar-refractivity contribution in [3.63, 3.8) is 0 Å². The van der Waals surface area contributed by atoms with Gasteiger partial charge in [0.1, 0.15) is 24.5 Å². The van der Waals surface area contributed by atoms with Crippen LogP contribution in [0.1, 0.15) is 18.4 Å². The number of nitriles is 1. The SMILES string of the molecule is N#Cc1ccc(N2CCC[C@H](Cn3cncn3)C2)nc1. The zero-order valence-electron chi connectivity index (χ0n) is 11.2. The van der Waals surface area contributed by atoms with Crippen LogP contribution in [0.2, 0.25) is 0 Å². The molecule has 1 fully saturated rings. The number of rotatable bonds is 3. The zero-order chi connectivity index (χ0) is 13.8. The highest BCUT2D eigenvalue weighted by molar-refractivity contribution is 5.42. The zero-order valence-corrected chi connectivity index (χ0v) is 11.2. The number of piperidine rings is 1. The smallest absolute Gasteiger partial charge is 0.137 e. The summed E-state index contributed by atoms with van der Waals surface area (Å²) in [7, 11) is 0. The van der Waals surface area contributed by atoms with E-state index in [4.69, 9.17) is 5.26 Å². The van der Waals surface area contributed by atoms with E-state index in [1.54, 1.807) is 18.9 Å². The minimum Gasteiger partial charge on any atom is -0.356 e. The predicted octanol–water partition coefficient (Wildman–Crippen LogP) is 1.46. The highest BCUT2D eigenvalue weighted by atomic mass is 15.3. The molecule has 0 spiro atoms. The molecule has 6 nitrogen and oxygen atoms in total. The van der Waals surface area contributed by atoms with Crippen LogP contribution >= 0.6 is 0 Å². The maximum absolute atomic E-state index is 8.81. The molecule has 0 N–H and O–H groups in total. The predicted molar refractivity (Wildman–Crippen MR) is 73.9 cm³/mol. The Kier molecular flexibility index (Phi) is 3.59. The van der Waals surface area contributed by atoms with Crippen molar-refractivity contribution in [1.82, 2.24) is 19.7 Å². The third-order valence-electron chi connectivity index (χ3n) is 3.63. The van der Waals surface area contributed by atoms with Crippen molar-refractivity contribution in [2.24, 2.45) is 5.92 Å². The molecule has 3 heterocycles.